The fraction of sp³-hybridized carbons (Fsp3) is 0.267. The molecule has 0 spiro atoms. The first-order valence-corrected chi connectivity index (χ1v) is 7.46. The van der Waals surface area contributed by atoms with Crippen molar-refractivity contribution in [3.8, 4) is 5.75 Å². The Balaban J connectivity index is 2.13. The van der Waals surface area contributed by atoms with Crippen LogP contribution in [0.5, 0.6) is 5.75 Å². The summed E-state index contributed by atoms with van der Waals surface area (Å²) >= 11 is 1.64. The second kappa shape index (κ2) is 6.57. The van der Waals surface area contributed by atoms with Gasteiger partial charge in [0.15, 0.2) is 5.75 Å². The first kappa shape index (κ1) is 16.0. The minimum Gasteiger partial charge on any atom is -0.490 e. The summed E-state index contributed by atoms with van der Waals surface area (Å²) < 4.78 is 4.96. The van der Waals surface area contributed by atoms with Gasteiger partial charge < -0.3 is 10.1 Å². The zero-order chi connectivity index (χ0) is 16.3. The Morgan fingerprint density at radius 1 is 1.41 bits per heavy atom. The molecule has 1 aromatic heterocycles. The molecule has 0 bridgehead atoms. The number of nitro groups is 1. The lowest BCUT2D eigenvalue weighted by Gasteiger charge is -2.07. The van der Waals surface area contributed by atoms with E-state index in [1.54, 1.807) is 11.3 Å². The number of nitrogens with zero attached hydrogens (tertiary/aromatic N) is 1. The third kappa shape index (κ3) is 3.25. The third-order valence-corrected chi connectivity index (χ3v) is 4.53. The van der Waals surface area contributed by atoms with Gasteiger partial charge in [-0.1, -0.05) is 0 Å². The van der Waals surface area contributed by atoms with Crippen LogP contribution < -0.4 is 10.1 Å². The molecule has 22 heavy (non-hydrogen) atoms. The van der Waals surface area contributed by atoms with Crippen LogP contribution in [-0.4, -0.2) is 17.9 Å². The number of rotatable bonds is 5. The lowest BCUT2D eigenvalue weighted by atomic mass is 10.1. The van der Waals surface area contributed by atoms with Crippen molar-refractivity contribution >= 4 is 22.9 Å². The van der Waals surface area contributed by atoms with Gasteiger partial charge in [0.25, 0.3) is 5.91 Å². The van der Waals surface area contributed by atoms with Gasteiger partial charge >= 0.3 is 5.69 Å². The molecule has 116 valence electrons. The van der Waals surface area contributed by atoms with Gasteiger partial charge in [-0.3, -0.25) is 14.9 Å². The first-order chi connectivity index (χ1) is 10.4. The van der Waals surface area contributed by atoms with Gasteiger partial charge in [0, 0.05) is 29.1 Å². The third-order valence-electron chi connectivity index (χ3n) is 3.47. The monoisotopic (exact) mass is 320 g/mol. The van der Waals surface area contributed by atoms with Crippen LogP contribution in [0.25, 0.3) is 0 Å². The molecule has 0 fully saturated rings. The number of hydrogen-bond acceptors (Lipinski definition) is 5. The SMILES string of the molecule is COc1cc(C(=O)NCc2csc(C)c2C)ccc1[N+](=O)[O-]. The number of amides is 1. The van der Waals surface area contributed by atoms with Gasteiger partial charge in [0.1, 0.15) is 0 Å². The minimum absolute atomic E-state index is 0.0696. The van der Waals surface area contributed by atoms with E-state index >= 15 is 0 Å². The normalized spacial score (nSPS) is 10.3. The summed E-state index contributed by atoms with van der Waals surface area (Å²) in [5.41, 5.74) is 2.41. The average molecular weight is 320 g/mol. The molecular formula is C15H16N2O4S. The van der Waals surface area contributed by atoms with Gasteiger partial charge in [-0.25, -0.2) is 0 Å². The number of nitrogens with one attached hydrogen (secondary N) is 1. The van der Waals surface area contributed by atoms with Gasteiger partial charge in [-0.15, -0.1) is 11.3 Å². The quantitative estimate of drug-likeness (QED) is 0.677. The van der Waals surface area contributed by atoms with Crippen LogP contribution in [0.2, 0.25) is 0 Å². The zero-order valence-electron chi connectivity index (χ0n) is 12.5. The van der Waals surface area contributed by atoms with Crippen molar-refractivity contribution in [2.75, 3.05) is 7.11 Å². The summed E-state index contributed by atoms with van der Waals surface area (Å²) in [4.78, 5) is 23.7. The maximum absolute atomic E-state index is 12.2. The van der Waals surface area contributed by atoms with Crippen LogP contribution in [-0.2, 0) is 6.54 Å². The molecule has 0 aliphatic carbocycles. The van der Waals surface area contributed by atoms with Gasteiger partial charge in [-0.2, -0.15) is 0 Å². The van der Waals surface area contributed by atoms with E-state index in [0.717, 1.165) is 5.56 Å². The van der Waals surface area contributed by atoms with Crippen molar-refractivity contribution in [1.82, 2.24) is 5.32 Å². The molecule has 2 aromatic rings. The van der Waals surface area contributed by atoms with Gasteiger partial charge in [0.2, 0.25) is 0 Å². The highest BCUT2D eigenvalue weighted by molar-refractivity contribution is 7.10. The van der Waals surface area contributed by atoms with Crippen molar-refractivity contribution in [3.63, 3.8) is 0 Å². The molecular weight excluding hydrogens is 304 g/mol. The number of thiophene rings is 1. The fourth-order valence-corrected chi connectivity index (χ4v) is 2.87. The minimum atomic E-state index is -0.544. The average Bonchev–Trinajstić information content (AvgIpc) is 2.83. The van der Waals surface area contributed by atoms with Crippen LogP contribution in [0.4, 0.5) is 5.69 Å². The van der Waals surface area contributed by atoms with E-state index in [1.165, 1.54) is 35.7 Å². The smallest absolute Gasteiger partial charge is 0.310 e. The number of nitro benzene ring substituents is 1. The summed E-state index contributed by atoms with van der Waals surface area (Å²) in [6, 6.07) is 4.06. The van der Waals surface area contributed by atoms with E-state index in [-0.39, 0.29) is 17.3 Å². The number of ether oxygens (including phenoxy) is 1. The van der Waals surface area contributed by atoms with E-state index in [1.807, 2.05) is 19.2 Å². The van der Waals surface area contributed by atoms with E-state index in [0.29, 0.717) is 12.1 Å². The Kier molecular flexibility index (Phi) is 4.77. The first-order valence-electron chi connectivity index (χ1n) is 6.58. The molecule has 2 rings (SSSR count). The van der Waals surface area contributed by atoms with Crippen molar-refractivity contribution in [1.29, 1.82) is 0 Å². The van der Waals surface area contributed by atoms with Crippen LogP contribution in [0.1, 0.15) is 26.4 Å². The van der Waals surface area contributed by atoms with Crippen molar-refractivity contribution < 1.29 is 14.5 Å². The van der Waals surface area contributed by atoms with E-state index in [9.17, 15) is 14.9 Å². The highest BCUT2D eigenvalue weighted by Crippen LogP contribution is 2.27. The molecule has 0 aliphatic rings. The molecule has 0 saturated heterocycles. The number of aryl methyl sites for hydroxylation is 1. The van der Waals surface area contributed by atoms with E-state index in [2.05, 4.69) is 5.32 Å². The van der Waals surface area contributed by atoms with Crippen LogP contribution in [0.15, 0.2) is 23.6 Å². The van der Waals surface area contributed by atoms with Crippen molar-refractivity contribution in [2.45, 2.75) is 20.4 Å². The van der Waals surface area contributed by atoms with Crippen molar-refractivity contribution in [3.05, 3.63) is 55.3 Å². The second-order valence-corrected chi connectivity index (χ2v) is 5.85. The number of carbonyl (C=O) groups excluding carboxylic acids is 1. The van der Waals surface area contributed by atoms with Gasteiger partial charge in [0.05, 0.1) is 12.0 Å². The molecule has 7 heteroatoms. The largest absolute Gasteiger partial charge is 0.490 e. The Labute approximate surface area is 131 Å². The predicted octanol–water partition coefficient (Wildman–Crippen LogP) is 3.21. The molecule has 1 N–H and O–H groups in total. The molecule has 0 aliphatic heterocycles. The topological polar surface area (TPSA) is 81.5 Å². The molecule has 0 unspecified atom stereocenters. The lowest BCUT2D eigenvalue weighted by Crippen LogP contribution is -2.23. The Morgan fingerprint density at radius 3 is 2.68 bits per heavy atom. The fourth-order valence-electron chi connectivity index (χ4n) is 1.98. The maximum Gasteiger partial charge on any atom is 0.310 e. The van der Waals surface area contributed by atoms with E-state index < -0.39 is 4.92 Å². The highest BCUT2D eigenvalue weighted by atomic mass is 32.1. The number of carbonyl (C=O) groups is 1. The maximum atomic E-state index is 12.2. The molecule has 0 saturated carbocycles. The summed E-state index contributed by atoms with van der Waals surface area (Å²) in [5.74, 6) is -0.225. The number of hydrogen-bond donors (Lipinski definition) is 1. The zero-order valence-corrected chi connectivity index (χ0v) is 13.3. The van der Waals surface area contributed by atoms with Crippen molar-refractivity contribution in [2.24, 2.45) is 0 Å². The Hall–Kier alpha value is -2.41. The Morgan fingerprint density at radius 2 is 2.14 bits per heavy atom. The summed E-state index contributed by atoms with van der Waals surface area (Å²) in [5, 5.41) is 15.7. The standard InChI is InChI=1S/C15H16N2O4S/c1-9-10(2)22-8-12(9)7-16-15(18)11-4-5-13(17(19)20)14(6-11)21-3/h4-6,8H,7H2,1-3H3,(H,16,18). The highest BCUT2D eigenvalue weighted by Gasteiger charge is 2.17. The molecule has 6 nitrogen and oxygen atoms in total. The number of benzene rings is 1. The lowest BCUT2D eigenvalue weighted by molar-refractivity contribution is -0.385. The summed E-state index contributed by atoms with van der Waals surface area (Å²) in [7, 11) is 1.33. The van der Waals surface area contributed by atoms with Crippen LogP contribution >= 0.6 is 11.3 Å². The van der Waals surface area contributed by atoms with E-state index in [4.69, 9.17) is 4.74 Å². The molecule has 1 heterocycles. The molecule has 0 atom stereocenters. The Bertz CT molecular complexity index is 724. The van der Waals surface area contributed by atoms with Crippen LogP contribution in [0.3, 0.4) is 0 Å². The second-order valence-electron chi connectivity index (χ2n) is 4.77. The molecule has 1 amide bonds. The number of methoxy groups -OCH3 is 1. The summed E-state index contributed by atoms with van der Waals surface area (Å²) in [6.45, 7) is 4.48. The van der Waals surface area contributed by atoms with Gasteiger partial charge in [-0.05, 0) is 36.4 Å². The molecule has 0 radical (unpaired) electrons. The predicted molar refractivity (Wildman–Crippen MR) is 84.6 cm³/mol. The molecule has 1 aromatic carbocycles. The van der Waals surface area contributed by atoms with Crippen LogP contribution in [0, 0.1) is 24.0 Å². The summed E-state index contributed by atoms with van der Waals surface area (Å²) in [6.07, 6.45) is 0.